The molecular weight excluding hydrogens is 294 g/mol. The first-order valence-corrected chi connectivity index (χ1v) is 7.39. The SMILES string of the molecule is O=C(CO)c1ccc2c(c1)N(c1nc3ccccc3[nH]1)CCO2. The van der Waals surface area contributed by atoms with Gasteiger partial charge < -0.3 is 19.7 Å². The van der Waals surface area contributed by atoms with E-state index in [1.54, 1.807) is 18.2 Å². The van der Waals surface area contributed by atoms with Crippen molar-refractivity contribution in [3.63, 3.8) is 0 Å². The van der Waals surface area contributed by atoms with Crippen LogP contribution in [0.4, 0.5) is 11.6 Å². The summed E-state index contributed by atoms with van der Waals surface area (Å²) < 4.78 is 5.66. The molecule has 0 bridgehead atoms. The maximum absolute atomic E-state index is 11.8. The number of aromatic nitrogens is 2. The number of carbonyl (C=O) groups excluding carboxylic acids is 1. The van der Waals surface area contributed by atoms with Crippen molar-refractivity contribution in [2.24, 2.45) is 0 Å². The molecule has 2 heterocycles. The summed E-state index contributed by atoms with van der Waals surface area (Å²) in [4.78, 5) is 21.6. The lowest BCUT2D eigenvalue weighted by Crippen LogP contribution is -2.29. The van der Waals surface area contributed by atoms with Crippen molar-refractivity contribution in [2.75, 3.05) is 24.7 Å². The van der Waals surface area contributed by atoms with Gasteiger partial charge in [-0.05, 0) is 30.3 Å². The number of carbonyl (C=O) groups is 1. The third-order valence-corrected chi connectivity index (χ3v) is 3.92. The van der Waals surface area contributed by atoms with E-state index in [-0.39, 0.29) is 5.78 Å². The third-order valence-electron chi connectivity index (χ3n) is 3.92. The van der Waals surface area contributed by atoms with E-state index < -0.39 is 6.61 Å². The second kappa shape index (κ2) is 5.40. The monoisotopic (exact) mass is 309 g/mol. The van der Waals surface area contributed by atoms with Gasteiger partial charge in [0.15, 0.2) is 5.78 Å². The maximum atomic E-state index is 11.8. The first-order chi connectivity index (χ1) is 11.3. The smallest absolute Gasteiger partial charge is 0.208 e. The van der Waals surface area contributed by atoms with E-state index >= 15 is 0 Å². The van der Waals surface area contributed by atoms with Crippen LogP contribution < -0.4 is 9.64 Å². The van der Waals surface area contributed by atoms with Crippen molar-refractivity contribution in [3.05, 3.63) is 48.0 Å². The molecule has 2 N–H and O–H groups in total. The summed E-state index contributed by atoms with van der Waals surface area (Å²) in [5.41, 5.74) is 3.07. The lowest BCUT2D eigenvalue weighted by Gasteiger charge is -2.29. The van der Waals surface area contributed by atoms with Crippen LogP contribution in [0.25, 0.3) is 11.0 Å². The zero-order chi connectivity index (χ0) is 15.8. The number of ether oxygens (including phenoxy) is 1. The molecule has 1 aliphatic rings. The van der Waals surface area contributed by atoms with E-state index in [4.69, 9.17) is 9.84 Å². The Bertz CT molecular complexity index is 855. The van der Waals surface area contributed by atoms with Gasteiger partial charge in [-0.1, -0.05) is 12.1 Å². The van der Waals surface area contributed by atoms with Gasteiger partial charge in [-0.3, -0.25) is 4.79 Å². The molecule has 0 unspecified atom stereocenters. The zero-order valence-electron chi connectivity index (χ0n) is 12.3. The molecule has 2 aromatic carbocycles. The van der Waals surface area contributed by atoms with Gasteiger partial charge in [0, 0.05) is 5.56 Å². The number of anilines is 2. The third kappa shape index (κ3) is 2.33. The van der Waals surface area contributed by atoms with Crippen molar-refractivity contribution in [1.29, 1.82) is 0 Å². The molecule has 4 rings (SSSR count). The molecule has 0 aliphatic carbocycles. The van der Waals surface area contributed by atoms with Crippen LogP contribution in [0.15, 0.2) is 42.5 Å². The highest BCUT2D eigenvalue weighted by Crippen LogP contribution is 2.36. The molecule has 0 spiro atoms. The number of hydrogen-bond acceptors (Lipinski definition) is 5. The molecule has 1 aromatic heterocycles. The van der Waals surface area contributed by atoms with E-state index in [2.05, 4.69) is 9.97 Å². The average molecular weight is 309 g/mol. The maximum Gasteiger partial charge on any atom is 0.208 e. The molecule has 3 aromatic rings. The molecule has 0 fully saturated rings. The van der Waals surface area contributed by atoms with Gasteiger partial charge in [-0.15, -0.1) is 0 Å². The summed E-state index contributed by atoms with van der Waals surface area (Å²) in [6, 6.07) is 13.0. The number of imidazole rings is 1. The van der Waals surface area contributed by atoms with E-state index in [9.17, 15) is 4.79 Å². The number of aliphatic hydroxyl groups is 1. The van der Waals surface area contributed by atoms with Gasteiger partial charge in [-0.2, -0.15) is 0 Å². The van der Waals surface area contributed by atoms with E-state index in [1.165, 1.54) is 0 Å². The minimum Gasteiger partial charge on any atom is -0.490 e. The zero-order valence-corrected chi connectivity index (χ0v) is 12.3. The fraction of sp³-hybridized carbons (Fsp3) is 0.176. The molecule has 0 saturated carbocycles. The fourth-order valence-corrected chi connectivity index (χ4v) is 2.77. The number of aliphatic hydroxyl groups excluding tert-OH is 1. The summed E-state index contributed by atoms with van der Waals surface area (Å²) in [5.74, 6) is 1.10. The number of fused-ring (bicyclic) bond motifs is 2. The van der Waals surface area contributed by atoms with Crippen LogP contribution in [0.5, 0.6) is 5.75 Å². The van der Waals surface area contributed by atoms with Crippen molar-refractivity contribution in [2.45, 2.75) is 0 Å². The van der Waals surface area contributed by atoms with Gasteiger partial charge in [0.05, 0.1) is 23.3 Å². The molecule has 0 atom stereocenters. The highest BCUT2D eigenvalue weighted by atomic mass is 16.5. The Labute approximate surface area is 132 Å². The van der Waals surface area contributed by atoms with E-state index in [1.807, 2.05) is 29.2 Å². The topological polar surface area (TPSA) is 78.5 Å². The predicted octanol–water partition coefficient (Wildman–Crippen LogP) is 2.27. The number of ketones is 1. The number of nitrogens with one attached hydrogen (secondary N) is 1. The molecule has 0 amide bonds. The van der Waals surface area contributed by atoms with Crippen LogP contribution in [-0.4, -0.2) is 40.6 Å². The van der Waals surface area contributed by atoms with Gasteiger partial charge in [0.25, 0.3) is 0 Å². The Morgan fingerprint density at radius 3 is 3.00 bits per heavy atom. The lowest BCUT2D eigenvalue weighted by molar-refractivity contribution is 0.0903. The van der Waals surface area contributed by atoms with E-state index in [0.29, 0.717) is 30.4 Å². The standard InChI is InChI=1S/C17H15N3O3/c21-10-15(22)11-5-6-16-14(9-11)20(7-8-23-16)17-18-12-3-1-2-4-13(12)19-17/h1-6,9,21H,7-8,10H2,(H,18,19). The molecule has 0 radical (unpaired) electrons. The van der Waals surface area contributed by atoms with Gasteiger partial charge in [-0.25, -0.2) is 4.98 Å². The molecule has 1 aliphatic heterocycles. The average Bonchev–Trinajstić information content (AvgIpc) is 3.04. The summed E-state index contributed by atoms with van der Waals surface area (Å²) >= 11 is 0. The van der Waals surface area contributed by atoms with Gasteiger partial charge in [0.2, 0.25) is 5.95 Å². The Morgan fingerprint density at radius 1 is 1.30 bits per heavy atom. The van der Waals surface area contributed by atoms with Crippen LogP contribution in [0, 0.1) is 0 Å². The number of hydrogen-bond donors (Lipinski definition) is 2. The Kier molecular flexibility index (Phi) is 3.24. The fourth-order valence-electron chi connectivity index (χ4n) is 2.77. The number of para-hydroxylation sites is 2. The number of benzene rings is 2. The van der Waals surface area contributed by atoms with Crippen LogP contribution in [0.1, 0.15) is 10.4 Å². The number of aromatic amines is 1. The molecule has 116 valence electrons. The second-order valence-electron chi connectivity index (χ2n) is 5.34. The van der Waals surface area contributed by atoms with Crippen LogP contribution in [-0.2, 0) is 0 Å². The normalized spacial score (nSPS) is 13.7. The lowest BCUT2D eigenvalue weighted by atomic mass is 10.1. The van der Waals surface area contributed by atoms with Crippen LogP contribution in [0.2, 0.25) is 0 Å². The number of nitrogens with zero attached hydrogens (tertiary/aromatic N) is 2. The molecule has 0 saturated heterocycles. The number of H-pyrrole nitrogens is 1. The van der Waals surface area contributed by atoms with Crippen molar-refractivity contribution < 1.29 is 14.6 Å². The quantitative estimate of drug-likeness (QED) is 0.726. The molecule has 6 heteroatoms. The number of rotatable bonds is 3. The van der Waals surface area contributed by atoms with Crippen molar-refractivity contribution >= 4 is 28.5 Å². The Morgan fingerprint density at radius 2 is 2.17 bits per heavy atom. The highest BCUT2D eigenvalue weighted by Gasteiger charge is 2.23. The minimum atomic E-state index is -0.510. The second-order valence-corrected chi connectivity index (χ2v) is 5.34. The van der Waals surface area contributed by atoms with Gasteiger partial charge >= 0.3 is 0 Å². The molecular formula is C17H15N3O3. The summed E-state index contributed by atoms with van der Waals surface area (Å²) in [5, 5.41) is 9.06. The minimum absolute atomic E-state index is 0.317. The first kappa shape index (κ1) is 13.8. The summed E-state index contributed by atoms with van der Waals surface area (Å²) in [7, 11) is 0. The molecule has 23 heavy (non-hydrogen) atoms. The summed E-state index contributed by atoms with van der Waals surface area (Å²) in [6.45, 7) is 0.658. The summed E-state index contributed by atoms with van der Waals surface area (Å²) in [6.07, 6.45) is 0. The first-order valence-electron chi connectivity index (χ1n) is 7.39. The highest BCUT2D eigenvalue weighted by molar-refractivity contribution is 5.98. The van der Waals surface area contributed by atoms with Crippen LogP contribution >= 0.6 is 0 Å². The van der Waals surface area contributed by atoms with Crippen molar-refractivity contribution in [3.8, 4) is 5.75 Å². The van der Waals surface area contributed by atoms with E-state index in [0.717, 1.165) is 16.7 Å². The number of Topliss-reactive ketones (excluding diaryl/α,β-unsaturated/α-hetero) is 1. The van der Waals surface area contributed by atoms with Crippen molar-refractivity contribution in [1.82, 2.24) is 9.97 Å². The van der Waals surface area contributed by atoms with Gasteiger partial charge in [0.1, 0.15) is 19.0 Å². The Hall–Kier alpha value is -2.86. The van der Waals surface area contributed by atoms with Crippen LogP contribution in [0.3, 0.4) is 0 Å². The predicted molar refractivity (Wildman–Crippen MR) is 86.5 cm³/mol. The molecule has 6 nitrogen and oxygen atoms in total. The largest absolute Gasteiger partial charge is 0.490 e. The Balaban J connectivity index is 1.81.